The van der Waals surface area contributed by atoms with Gasteiger partial charge < -0.3 is 9.30 Å². The Balaban J connectivity index is 1.64. The van der Waals surface area contributed by atoms with E-state index >= 15 is 0 Å². The van der Waals surface area contributed by atoms with Gasteiger partial charge in [-0.1, -0.05) is 0 Å². The Labute approximate surface area is 139 Å². The largest absolute Gasteiger partial charge is 0.497 e. The molecule has 3 rings (SSSR count). The molecular weight excluding hydrogens is 306 g/mol. The number of H-pyrrole nitrogens is 1. The van der Waals surface area contributed by atoms with Crippen molar-refractivity contribution >= 4 is 12.1 Å². The molecule has 0 saturated carbocycles. The number of amides is 1. The van der Waals surface area contributed by atoms with E-state index in [9.17, 15) is 4.79 Å². The van der Waals surface area contributed by atoms with E-state index in [1.54, 1.807) is 19.4 Å². The Morgan fingerprint density at radius 1 is 1.33 bits per heavy atom. The minimum absolute atomic E-state index is 0.345. The molecule has 0 unspecified atom stereocenters. The lowest BCUT2D eigenvalue weighted by Crippen LogP contribution is -2.17. The number of aryl methyl sites for hydroxylation is 1. The molecule has 1 amide bonds. The molecule has 0 aliphatic rings. The van der Waals surface area contributed by atoms with Gasteiger partial charge in [-0.2, -0.15) is 10.2 Å². The molecule has 0 saturated heterocycles. The Bertz CT molecular complexity index is 861. The zero-order valence-corrected chi connectivity index (χ0v) is 13.4. The molecule has 7 heteroatoms. The number of nitrogens with one attached hydrogen (secondary N) is 2. The molecule has 0 aliphatic carbocycles. The van der Waals surface area contributed by atoms with Gasteiger partial charge in [-0.3, -0.25) is 9.89 Å². The molecule has 0 fully saturated rings. The van der Waals surface area contributed by atoms with Gasteiger partial charge in [-0.15, -0.1) is 0 Å². The van der Waals surface area contributed by atoms with Gasteiger partial charge in [0.25, 0.3) is 5.91 Å². The highest BCUT2D eigenvalue weighted by Gasteiger charge is 2.11. The van der Waals surface area contributed by atoms with Gasteiger partial charge in [0.15, 0.2) is 0 Å². The lowest BCUT2D eigenvalue weighted by molar-refractivity contribution is 0.0950. The summed E-state index contributed by atoms with van der Waals surface area (Å²) in [5.74, 6) is 0.412. The van der Waals surface area contributed by atoms with Crippen LogP contribution in [0.15, 0.2) is 53.8 Å². The smallest absolute Gasteiger partial charge is 0.289 e. The first-order valence-corrected chi connectivity index (χ1v) is 7.32. The number of nitrogens with zero attached hydrogens (tertiary/aromatic N) is 3. The zero-order chi connectivity index (χ0) is 16.9. The molecule has 2 aromatic heterocycles. The van der Waals surface area contributed by atoms with E-state index in [0.717, 1.165) is 17.0 Å². The third-order valence-corrected chi connectivity index (χ3v) is 3.52. The van der Waals surface area contributed by atoms with Gasteiger partial charge in [0.1, 0.15) is 17.1 Å². The fraction of sp³-hybridized carbons (Fsp3) is 0.118. The van der Waals surface area contributed by atoms with Crippen LogP contribution >= 0.6 is 0 Å². The average molecular weight is 323 g/mol. The van der Waals surface area contributed by atoms with Crippen molar-refractivity contribution in [1.82, 2.24) is 20.2 Å². The Morgan fingerprint density at radius 2 is 2.12 bits per heavy atom. The number of aromatic nitrogens is 3. The number of ether oxygens (including phenoxy) is 1. The van der Waals surface area contributed by atoms with E-state index in [4.69, 9.17) is 4.74 Å². The van der Waals surface area contributed by atoms with Gasteiger partial charge in [0, 0.05) is 13.2 Å². The first kappa shape index (κ1) is 15.5. The molecule has 3 aromatic rings. The predicted octanol–water partition coefficient (Wildman–Crippen LogP) is 2.19. The highest BCUT2D eigenvalue weighted by molar-refractivity contribution is 5.94. The number of aromatic amines is 1. The number of hydrazone groups is 1. The summed E-state index contributed by atoms with van der Waals surface area (Å²) in [5.41, 5.74) is 5.29. The number of benzene rings is 1. The Morgan fingerprint density at radius 3 is 2.79 bits per heavy atom. The summed E-state index contributed by atoms with van der Waals surface area (Å²) in [6.45, 7) is 0. The third kappa shape index (κ3) is 3.35. The van der Waals surface area contributed by atoms with E-state index in [0.29, 0.717) is 11.4 Å². The zero-order valence-electron chi connectivity index (χ0n) is 13.4. The highest BCUT2D eigenvalue weighted by atomic mass is 16.5. The summed E-state index contributed by atoms with van der Waals surface area (Å²) < 4.78 is 7.01. The Kier molecular flexibility index (Phi) is 4.42. The number of carbonyl (C=O) groups excluding carboxylic acids is 1. The van der Waals surface area contributed by atoms with E-state index in [1.165, 1.54) is 0 Å². The van der Waals surface area contributed by atoms with Crippen LogP contribution in [0.3, 0.4) is 0 Å². The van der Waals surface area contributed by atoms with E-state index < -0.39 is 0 Å². The lowest BCUT2D eigenvalue weighted by atomic mass is 10.2. The molecule has 2 N–H and O–H groups in total. The minimum Gasteiger partial charge on any atom is -0.497 e. The molecule has 0 atom stereocenters. The molecule has 122 valence electrons. The number of carbonyl (C=O) groups is 1. The lowest BCUT2D eigenvalue weighted by Gasteiger charge is -1.99. The molecular formula is C17H17N5O2. The molecule has 0 spiro atoms. The predicted molar refractivity (Wildman–Crippen MR) is 91.0 cm³/mol. The van der Waals surface area contributed by atoms with E-state index in [2.05, 4.69) is 20.7 Å². The van der Waals surface area contributed by atoms with Gasteiger partial charge in [-0.05, 0) is 48.0 Å². The second kappa shape index (κ2) is 6.82. The summed E-state index contributed by atoms with van der Waals surface area (Å²) in [7, 11) is 3.53. The van der Waals surface area contributed by atoms with Gasteiger partial charge in [0.05, 0.1) is 19.0 Å². The molecule has 2 heterocycles. The SMILES string of the molecule is COc1ccc(/C=N\NC(=O)c2cc(-c3cccn3C)n[nH]2)cc1. The summed E-state index contributed by atoms with van der Waals surface area (Å²) in [6, 6.07) is 12.9. The van der Waals surface area contributed by atoms with Crippen LogP contribution in [0.4, 0.5) is 0 Å². The monoisotopic (exact) mass is 323 g/mol. The van der Waals surface area contributed by atoms with Crippen LogP contribution in [0.1, 0.15) is 16.1 Å². The van der Waals surface area contributed by atoms with E-state index in [-0.39, 0.29) is 5.91 Å². The third-order valence-electron chi connectivity index (χ3n) is 3.52. The van der Waals surface area contributed by atoms with Crippen LogP contribution in [-0.4, -0.2) is 34.0 Å². The molecule has 1 aromatic carbocycles. The van der Waals surface area contributed by atoms with Crippen LogP contribution in [0, 0.1) is 0 Å². The minimum atomic E-state index is -0.354. The van der Waals surface area contributed by atoms with Crippen LogP contribution in [0.25, 0.3) is 11.4 Å². The van der Waals surface area contributed by atoms with Crippen molar-refractivity contribution in [1.29, 1.82) is 0 Å². The van der Waals surface area contributed by atoms with Crippen LogP contribution in [0.5, 0.6) is 5.75 Å². The Hall–Kier alpha value is -3.35. The first-order valence-electron chi connectivity index (χ1n) is 7.32. The normalized spacial score (nSPS) is 10.9. The topological polar surface area (TPSA) is 84.3 Å². The maximum absolute atomic E-state index is 12.1. The van der Waals surface area contributed by atoms with Crippen molar-refractivity contribution in [2.75, 3.05) is 7.11 Å². The summed E-state index contributed by atoms with van der Waals surface area (Å²) in [5, 5.41) is 10.8. The number of hydrogen-bond acceptors (Lipinski definition) is 4. The van der Waals surface area contributed by atoms with Crippen molar-refractivity contribution < 1.29 is 9.53 Å². The maximum Gasteiger partial charge on any atom is 0.289 e. The number of hydrogen-bond donors (Lipinski definition) is 2. The fourth-order valence-electron chi connectivity index (χ4n) is 2.21. The molecule has 0 aliphatic heterocycles. The molecule has 0 radical (unpaired) electrons. The maximum atomic E-state index is 12.1. The summed E-state index contributed by atoms with van der Waals surface area (Å²) in [4.78, 5) is 12.1. The number of rotatable bonds is 5. The second-order valence-corrected chi connectivity index (χ2v) is 5.14. The second-order valence-electron chi connectivity index (χ2n) is 5.14. The molecule has 24 heavy (non-hydrogen) atoms. The summed E-state index contributed by atoms with van der Waals surface area (Å²) >= 11 is 0. The van der Waals surface area contributed by atoms with E-state index in [1.807, 2.05) is 54.2 Å². The van der Waals surface area contributed by atoms with Crippen LogP contribution in [0.2, 0.25) is 0 Å². The van der Waals surface area contributed by atoms with Gasteiger partial charge in [0.2, 0.25) is 0 Å². The fourth-order valence-corrected chi connectivity index (χ4v) is 2.21. The van der Waals surface area contributed by atoms with Crippen molar-refractivity contribution in [3.63, 3.8) is 0 Å². The van der Waals surface area contributed by atoms with Crippen molar-refractivity contribution in [3.8, 4) is 17.1 Å². The van der Waals surface area contributed by atoms with Crippen molar-refractivity contribution in [3.05, 3.63) is 59.9 Å². The summed E-state index contributed by atoms with van der Waals surface area (Å²) in [6.07, 6.45) is 3.48. The highest BCUT2D eigenvalue weighted by Crippen LogP contribution is 2.17. The van der Waals surface area contributed by atoms with Crippen molar-refractivity contribution in [2.45, 2.75) is 0 Å². The molecule has 7 nitrogen and oxygen atoms in total. The van der Waals surface area contributed by atoms with Crippen LogP contribution < -0.4 is 10.2 Å². The molecule has 0 bridgehead atoms. The first-order chi connectivity index (χ1) is 11.7. The standard InChI is InChI=1S/C17H17N5O2/c1-22-9-3-4-16(22)14-10-15(20-19-14)17(23)21-18-11-12-5-7-13(24-2)8-6-12/h3-11H,1-2H3,(H,19,20)(H,21,23)/b18-11-. The quantitative estimate of drug-likeness (QED) is 0.557. The van der Waals surface area contributed by atoms with Gasteiger partial charge >= 0.3 is 0 Å². The average Bonchev–Trinajstić information content (AvgIpc) is 3.24. The number of methoxy groups -OCH3 is 1. The van der Waals surface area contributed by atoms with Crippen molar-refractivity contribution in [2.24, 2.45) is 12.1 Å². The van der Waals surface area contributed by atoms with Crippen LogP contribution in [-0.2, 0) is 7.05 Å². The van der Waals surface area contributed by atoms with Gasteiger partial charge in [-0.25, -0.2) is 5.43 Å².